The lowest BCUT2D eigenvalue weighted by molar-refractivity contribution is -0.122. The molecule has 0 saturated carbocycles. The Morgan fingerprint density at radius 2 is 1.38 bits per heavy atom. The zero-order valence-corrected chi connectivity index (χ0v) is 19.5. The number of nitrogens with one attached hydrogen (secondary N) is 1. The minimum atomic E-state index is -0.214. The van der Waals surface area contributed by atoms with Gasteiger partial charge >= 0.3 is 0 Å². The summed E-state index contributed by atoms with van der Waals surface area (Å²) < 4.78 is 0. The maximum absolute atomic E-state index is 13.3. The van der Waals surface area contributed by atoms with Crippen molar-refractivity contribution in [3.8, 4) is 0 Å². The van der Waals surface area contributed by atoms with Crippen molar-refractivity contribution in [3.05, 3.63) is 106 Å². The van der Waals surface area contributed by atoms with E-state index >= 15 is 0 Å². The molecule has 2 amide bonds. The fourth-order valence-electron chi connectivity index (χ4n) is 3.96. The van der Waals surface area contributed by atoms with Crippen LogP contribution in [-0.4, -0.2) is 60.1 Å². The van der Waals surface area contributed by atoms with Crippen molar-refractivity contribution in [2.45, 2.75) is 6.54 Å². The Labute approximate surface area is 204 Å². The van der Waals surface area contributed by atoms with Crippen molar-refractivity contribution < 1.29 is 14.4 Å². The standard InChI is InChI=1S/C27H26ClN3O3/c28-22-12-10-21(11-13-22)26(33)23-8-4-5-9-24(23)27(34)31-16-14-30(15-17-31)19-25(32)29-18-20-6-2-1-3-7-20/h1-13H,14-19H2,(H,29,32). The third-order valence-corrected chi connectivity index (χ3v) is 6.12. The van der Waals surface area contributed by atoms with Gasteiger partial charge in [-0.3, -0.25) is 19.3 Å². The molecule has 4 rings (SSSR count). The topological polar surface area (TPSA) is 69.7 Å². The predicted octanol–water partition coefficient (Wildman–Crippen LogP) is 3.65. The molecule has 1 aliphatic rings. The molecule has 0 unspecified atom stereocenters. The van der Waals surface area contributed by atoms with Crippen LogP contribution >= 0.6 is 11.6 Å². The summed E-state index contributed by atoms with van der Waals surface area (Å²) in [4.78, 5) is 42.4. The van der Waals surface area contributed by atoms with Gasteiger partial charge in [0.05, 0.1) is 12.1 Å². The maximum atomic E-state index is 13.3. The first kappa shape index (κ1) is 23.7. The second kappa shape index (κ2) is 11.1. The molecule has 0 spiro atoms. The summed E-state index contributed by atoms with van der Waals surface area (Å²) in [6.45, 7) is 2.97. The van der Waals surface area contributed by atoms with Crippen molar-refractivity contribution in [1.29, 1.82) is 0 Å². The van der Waals surface area contributed by atoms with E-state index < -0.39 is 0 Å². The van der Waals surface area contributed by atoms with Gasteiger partial charge in [-0.15, -0.1) is 0 Å². The highest BCUT2D eigenvalue weighted by molar-refractivity contribution is 6.30. The Kier molecular flexibility index (Phi) is 7.72. The van der Waals surface area contributed by atoms with Crippen molar-refractivity contribution >= 4 is 29.2 Å². The molecule has 7 heteroatoms. The van der Waals surface area contributed by atoms with E-state index in [0.717, 1.165) is 5.56 Å². The normalized spacial score (nSPS) is 14.0. The van der Waals surface area contributed by atoms with Crippen LogP contribution in [0.2, 0.25) is 5.02 Å². The Bertz CT molecular complexity index is 1160. The quantitative estimate of drug-likeness (QED) is 0.530. The van der Waals surface area contributed by atoms with E-state index in [1.54, 1.807) is 53.4 Å². The molecule has 1 aliphatic heterocycles. The number of hydrogen-bond acceptors (Lipinski definition) is 4. The number of rotatable bonds is 7. The van der Waals surface area contributed by atoms with Gasteiger partial charge in [-0.25, -0.2) is 0 Å². The van der Waals surface area contributed by atoms with E-state index in [1.807, 2.05) is 35.2 Å². The molecule has 0 bridgehead atoms. The highest BCUT2D eigenvalue weighted by atomic mass is 35.5. The second-order valence-corrected chi connectivity index (χ2v) is 8.65. The Balaban J connectivity index is 1.33. The van der Waals surface area contributed by atoms with Crippen LogP contribution in [0, 0.1) is 0 Å². The highest BCUT2D eigenvalue weighted by Gasteiger charge is 2.26. The molecular formula is C27H26ClN3O3. The zero-order valence-electron chi connectivity index (χ0n) is 18.7. The molecule has 1 N–H and O–H groups in total. The third-order valence-electron chi connectivity index (χ3n) is 5.87. The number of nitrogens with zero attached hydrogens (tertiary/aromatic N) is 2. The number of ketones is 1. The summed E-state index contributed by atoms with van der Waals surface area (Å²) in [5.74, 6) is -0.428. The average Bonchev–Trinajstić information content (AvgIpc) is 2.88. The maximum Gasteiger partial charge on any atom is 0.254 e. The average molecular weight is 476 g/mol. The van der Waals surface area contributed by atoms with Gasteiger partial charge in [0, 0.05) is 48.9 Å². The van der Waals surface area contributed by atoms with Crippen LogP contribution < -0.4 is 5.32 Å². The lowest BCUT2D eigenvalue weighted by atomic mass is 9.97. The van der Waals surface area contributed by atoms with Gasteiger partial charge in [0.2, 0.25) is 5.91 Å². The first-order valence-corrected chi connectivity index (χ1v) is 11.6. The van der Waals surface area contributed by atoms with Gasteiger partial charge in [-0.2, -0.15) is 0 Å². The number of carbonyl (C=O) groups excluding carboxylic acids is 3. The Hall–Kier alpha value is -3.48. The Morgan fingerprint density at radius 1 is 0.765 bits per heavy atom. The molecule has 34 heavy (non-hydrogen) atoms. The zero-order chi connectivity index (χ0) is 23.9. The number of halogens is 1. The molecule has 0 aromatic heterocycles. The van der Waals surface area contributed by atoms with E-state index in [-0.39, 0.29) is 17.6 Å². The van der Waals surface area contributed by atoms with E-state index in [0.29, 0.717) is 61.0 Å². The molecular weight excluding hydrogens is 450 g/mol. The van der Waals surface area contributed by atoms with Gasteiger partial charge in [0.25, 0.3) is 5.91 Å². The second-order valence-electron chi connectivity index (χ2n) is 8.21. The van der Waals surface area contributed by atoms with Gasteiger partial charge < -0.3 is 10.2 Å². The van der Waals surface area contributed by atoms with Crippen molar-refractivity contribution in [2.75, 3.05) is 32.7 Å². The number of carbonyl (C=O) groups is 3. The Morgan fingerprint density at radius 3 is 2.06 bits per heavy atom. The van der Waals surface area contributed by atoms with Crippen molar-refractivity contribution in [1.82, 2.24) is 15.1 Å². The van der Waals surface area contributed by atoms with Gasteiger partial charge in [-0.1, -0.05) is 60.1 Å². The summed E-state index contributed by atoms with van der Waals surface area (Å²) in [5, 5.41) is 3.49. The van der Waals surface area contributed by atoms with Gasteiger partial charge in [0.1, 0.15) is 0 Å². The molecule has 1 saturated heterocycles. The predicted molar refractivity (Wildman–Crippen MR) is 132 cm³/mol. The lowest BCUT2D eigenvalue weighted by Gasteiger charge is -2.34. The van der Waals surface area contributed by atoms with Crippen molar-refractivity contribution in [2.24, 2.45) is 0 Å². The summed E-state index contributed by atoms with van der Waals surface area (Å²) in [5.41, 5.74) is 2.29. The minimum Gasteiger partial charge on any atom is -0.351 e. The number of hydrogen-bond donors (Lipinski definition) is 1. The van der Waals surface area contributed by atoms with Gasteiger partial charge in [-0.05, 0) is 35.9 Å². The fourth-order valence-corrected chi connectivity index (χ4v) is 4.09. The third kappa shape index (κ3) is 5.90. The molecule has 3 aromatic rings. The van der Waals surface area contributed by atoms with E-state index in [2.05, 4.69) is 5.32 Å². The van der Waals surface area contributed by atoms with E-state index in [1.165, 1.54) is 0 Å². The molecule has 0 atom stereocenters. The number of benzene rings is 3. The molecule has 0 aliphatic carbocycles. The smallest absolute Gasteiger partial charge is 0.254 e. The summed E-state index contributed by atoms with van der Waals surface area (Å²) in [6, 6.07) is 23.3. The lowest BCUT2D eigenvalue weighted by Crippen LogP contribution is -2.51. The monoisotopic (exact) mass is 475 g/mol. The van der Waals surface area contributed by atoms with Crippen molar-refractivity contribution in [3.63, 3.8) is 0 Å². The summed E-state index contributed by atoms with van der Waals surface area (Å²) in [7, 11) is 0. The van der Waals surface area contributed by atoms with Crippen LogP contribution in [0.15, 0.2) is 78.9 Å². The summed E-state index contributed by atoms with van der Waals surface area (Å²) in [6.07, 6.45) is 0. The molecule has 174 valence electrons. The van der Waals surface area contributed by atoms with Crippen LogP contribution in [0.1, 0.15) is 31.8 Å². The number of piperazine rings is 1. The van der Waals surface area contributed by atoms with Crippen LogP contribution in [0.3, 0.4) is 0 Å². The van der Waals surface area contributed by atoms with Crippen LogP contribution in [0.25, 0.3) is 0 Å². The first-order valence-electron chi connectivity index (χ1n) is 11.2. The summed E-state index contributed by atoms with van der Waals surface area (Å²) >= 11 is 5.93. The first-order chi connectivity index (χ1) is 16.5. The van der Waals surface area contributed by atoms with Gasteiger partial charge in [0.15, 0.2) is 5.78 Å². The van der Waals surface area contributed by atoms with Crippen LogP contribution in [0.5, 0.6) is 0 Å². The van der Waals surface area contributed by atoms with Crippen LogP contribution in [-0.2, 0) is 11.3 Å². The van der Waals surface area contributed by atoms with Crippen LogP contribution in [0.4, 0.5) is 0 Å². The fraction of sp³-hybridized carbons (Fsp3) is 0.222. The highest BCUT2D eigenvalue weighted by Crippen LogP contribution is 2.19. The molecule has 1 heterocycles. The molecule has 6 nitrogen and oxygen atoms in total. The van der Waals surface area contributed by atoms with E-state index in [9.17, 15) is 14.4 Å². The SMILES string of the molecule is O=C(CN1CCN(C(=O)c2ccccc2C(=O)c2ccc(Cl)cc2)CC1)NCc1ccccc1. The largest absolute Gasteiger partial charge is 0.351 e. The minimum absolute atomic E-state index is 0.0393. The molecule has 0 radical (unpaired) electrons. The van der Waals surface area contributed by atoms with E-state index in [4.69, 9.17) is 11.6 Å². The number of amides is 2. The molecule has 3 aromatic carbocycles. The molecule has 1 fully saturated rings.